The average molecular weight is 369 g/mol. The Morgan fingerprint density at radius 3 is 2.31 bits per heavy atom. The molecule has 3 rings (SSSR count). The Hall–Kier alpha value is -2.47. The van der Waals surface area contributed by atoms with Gasteiger partial charge in [0.25, 0.3) is 0 Å². The first-order valence-corrected chi connectivity index (χ1v) is 9.94. The maximum atomic E-state index is 12.6. The highest BCUT2D eigenvalue weighted by Crippen LogP contribution is 2.26. The molecule has 0 bridgehead atoms. The van der Waals surface area contributed by atoms with Gasteiger partial charge in [-0.3, -0.25) is 4.79 Å². The summed E-state index contributed by atoms with van der Waals surface area (Å²) in [7, 11) is 0. The van der Waals surface area contributed by atoms with Gasteiger partial charge in [0.05, 0.1) is 5.69 Å². The Morgan fingerprint density at radius 2 is 1.62 bits per heavy atom. The van der Waals surface area contributed by atoms with Gasteiger partial charge in [-0.15, -0.1) is 11.8 Å². The average Bonchev–Trinajstić information content (AvgIpc) is 2.69. The van der Waals surface area contributed by atoms with E-state index in [0.29, 0.717) is 25.9 Å². The van der Waals surface area contributed by atoms with E-state index in [2.05, 4.69) is 10.6 Å². The third-order valence-corrected chi connectivity index (χ3v) is 5.34. The molecular weight excluding hydrogens is 346 g/mol. The van der Waals surface area contributed by atoms with Crippen LogP contribution in [0.1, 0.15) is 12.8 Å². The van der Waals surface area contributed by atoms with Gasteiger partial charge in [0, 0.05) is 29.6 Å². The van der Waals surface area contributed by atoms with E-state index in [-0.39, 0.29) is 17.9 Å². The van der Waals surface area contributed by atoms with Gasteiger partial charge in [-0.2, -0.15) is 0 Å². The van der Waals surface area contributed by atoms with E-state index in [4.69, 9.17) is 0 Å². The highest BCUT2D eigenvalue weighted by Gasteiger charge is 2.27. The van der Waals surface area contributed by atoms with Crippen LogP contribution in [-0.2, 0) is 4.79 Å². The van der Waals surface area contributed by atoms with Gasteiger partial charge in [0.2, 0.25) is 5.91 Å². The van der Waals surface area contributed by atoms with Crippen molar-refractivity contribution in [1.82, 2.24) is 4.90 Å². The lowest BCUT2D eigenvalue weighted by molar-refractivity contribution is -0.121. The maximum absolute atomic E-state index is 12.6. The Bertz CT molecular complexity index is 759. The van der Waals surface area contributed by atoms with E-state index in [0.717, 1.165) is 16.3 Å². The summed E-state index contributed by atoms with van der Waals surface area (Å²) in [6, 6.07) is 17.1. The molecule has 2 aromatic carbocycles. The number of rotatable bonds is 4. The van der Waals surface area contributed by atoms with Crippen LogP contribution in [0.15, 0.2) is 59.5 Å². The summed E-state index contributed by atoms with van der Waals surface area (Å²) in [5.74, 6) is -0.0275. The zero-order chi connectivity index (χ0) is 18.4. The molecule has 0 aliphatic carbocycles. The maximum Gasteiger partial charge on any atom is 0.321 e. The first-order valence-electron chi connectivity index (χ1n) is 8.72. The summed E-state index contributed by atoms with van der Waals surface area (Å²) < 4.78 is 0. The number of benzene rings is 2. The smallest absolute Gasteiger partial charge is 0.321 e. The van der Waals surface area contributed by atoms with Crippen molar-refractivity contribution < 1.29 is 9.59 Å². The number of para-hydroxylation sites is 2. The van der Waals surface area contributed by atoms with Crippen LogP contribution in [0.3, 0.4) is 0 Å². The first kappa shape index (κ1) is 18.3. The number of piperidine rings is 1. The molecule has 0 radical (unpaired) electrons. The summed E-state index contributed by atoms with van der Waals surface area (Å²) in [5.41, 5.74) is 1.64. The number of carbonyl (C=O) groups is 2. The molecular formula is C20H23N3O2S. The van der Waals surface area contributed by atoms with Gasteiger partial charge in [-0.1, -0.05) is 30.3 Å². The number of nitrogens with one attached hydrogen (secondary N) is 2. The molecule has 0 aromatic heterocycles. The van der Waals surface area contributed by atoms with Crippen molar-refractivity contribution in [1.29, 1.82) is 0 Å². The molecule has 1 saturated heterocycles. The molecule has 1 aliphatic heterocycles. The minimum absolute atomic E-state index is 0.0367. The molecule has 1 fully saturated rings. The zero-order valence-electron chi connectivity index (χ0n) is 14.8. The number of thioether (sulfide) groups is 1. The van der Waals surface area contributed by atoms with Crippen molar-refractivity contribution in [3.05, 3.63) is 54.6 Å². The van der Waals surface area contributed by atoms with E-state index < -0.39 is 0 Å². The molecule has 26 heavy (non-hydrogen) atoms. The fourth-order valence-electron chi connectivity index (χ4n) is 3.05. The van der Waals surface area contributed by atoms with E-state index in [1.165, 1.54) is 0 Å². The molecule has 0 unspecified atom stereocenters. The van der Waals surface area contributed by atoms with Crippen LogP contribution in [-0.4, -0.2) is 36.2 Å². The topological polar surface area (TPSA) is 61.4 Å². The van der Waals surface area contributed by atoms with Crippen LogP contribution >= 0.6 is 11.8 Å². The monoisotopic (exact) mass is 369 g/mol. The standard InChI is InChI=1S/C20H23N3O2S/c1-26-18-10-6-5-9-17(18)22-19(24)15-11-13-23(14-12-15)20(25)21-16-7-3-2-4-8-16/h2-10,15H,11-14H2,1H3,(H,21,25)(H,22,24). The van der Waals surface area contributed by atoms with Crippen molar-refractivity contribution in [3.8, 4) is 0 Å². The second-order valence-corrected chi connectivity index (χ2v) is 7.10. The lowest BCUT2D eigenvalue weighted by Crippen LogP contribution is -2.43. The lowest BCUT2D eigenvalue weighted by atomic mass is 9.96. The molecule has 0 spiro atoms. The van der Waals surface area contributed by atoms with Crippen molar-refractivity contribution in [3.63, 3.8) is 0 Å². The fraction of sp³-hybridized carbons (Fsp3) is 0.300. The summed E-state index contributed by atoms with van der Waals surface area (Å²) in [5, 5.41) is 5.93. The van der Waals surface area contributed by atoms with Crippen molar-refractivity contribution in [2.24, 2.45) is 5.92 Å². The van der Waals surface area contributed by atoms with Gasteiger partial charge in [-0.05, 0) is 43.4 Å². The zero-order valence-corrected chi connectivity index (χ0v) is 15.6. The van der Waals surface area contributed by atoms with Gasteiger partial charge < -0.3 is 15.5 Å². The summed E-state index contributed by atoms with van der Waals surface area (Å²) in [6.45, 7) is 1.17. The Morgan fingerprint density at radius 1 is 0.962 bits per heavy atom. The van der Waals surface area contributed by atoms with Crippen molar-refractivity contribution in [2.45, 2.75) is 17.7 Å². The van der Waals surface area contributed by atoms with Crippen LogP contribution in [0.4, 0.5) is 16.2 Å². The van der Waals surface area contributed by atoms with Crippen LogP contribution in [0.2, 0.25) is 0 Å². The van der Waals surface area contributed by atoms with Crippen LogP contribution < -0.4 is 10.6 Å². The number of hydrogen-bond acceptors (Lipinski definition) is 3. The second kappa shape index (κ2) is 8.76. The number of carbonyl (C=O) groups excluding carboxylic acids is 2. The van der Waals surface area contributed by atoms with E-state index >= 15 is 0 Å². The highest BCUT2D eigenvalue weighted by molar-refractivity contribution is 7.98. The van der Waals surface area contributed by atoms with Crippen LogP contribution in [0.5, 0.6) is 0 Å². The minimum Gasteiger partial charge on any atom is -0.325 e. The molecule has 1 heterocycles. The molecule has 2 aromatic rings. The number of anilines is 2. The largest absolute Gasteiger partial charge is 0.325 e. The number of likely N-dealkylation sites (tertiary alicyclic amines) is 1. The van der Waals surface area contributed by atoms with E-state index in [1.54, 1.807) is 16.7 Å². The van der Waals surface area contributed by atoms with Crippen LogP contribution in [0.25, 0.3) is 0 Å². The van der Waals surface area contributed by atoms with E-state index in [9.17, 15) is 9.59 Å². The molecule has 1 aliphatic rings. The summed E-state index contributed by atoms with van der Waals surface area (Å²) >= 11 is 1.61. The molecule has 136 valence electrons. The third kappa shape index (κ3) is 4.58. The van der Waals surface area contributed by atoms with Crippen molar-refractivity contribution in [2.75, 3.05) is 30.0 Å². The Labute approximate surface area is 158 Å². The number of nitrogens with zero attached hydrogens (tertiary/aromatic N) is 1. The lowest BCUT2D eigenvalue weighted by Gasteiger charge is -2.31. The first-order chi connectivity index (χ1) is 12.7. The van der Waals surface area contributed by atoms with Gasteiger partial charge >= 0.3 is 6.03 Å². The normalized spacial score (nSPS) is 14.7. The highest BCUT2D eigenvalue weighted by atomic mass is 32.2. The molecule has 5 nitrogen and oxygen atoms in total. The number of amides is 3. The Kier molecular flexibility index (Phi) is 6.17. The summed E-state index contributed by atoms with van der Waals surface area (Å²) in [4.78, 5) is 27.7. The van der Waals surface area contributed by atoms with Gasteiger partial charge in [-0.25, -0.2) is 4.79 Å². The fourth-order valence-corrected chi connectivity index (χ4v) is 3.61. The van der Waals surface area contributed by atoms with E-state index in [1.807, 2.05) is 60.9 Å². The molecule has 6 heteroatoms. The third-order valence-electron chi connectivity index (χ3n) is 4.54. The Balaban J connectivity index is 1.51. The number of hydrogen-bond donors (Lipinski definition) is 2. The SMILES string of the molecule is CSc1ccccc1NC(=O)C1CCN(C(=O)Nc2ccccc2)CC1. The van der Waals surface area contributed by atoms with Crippen LogP contribution in [0, 0.1) is 5.92 Å². The van der Waals surface area contributed by atoms with Gasteiger partial charge in [0.15, 0.2) is 0 Å². The predicted octanol–water partition coefficient (Wildman–Crippen LogP) is 4.29. The minimum atomic E-state index is -0.109. The summed E-state index contributed by atoms with van der Waals surface area (Å²) in [6.07, 6.45) is 3.35. The van der Waals surface area contributed by atoms with Crippen molar-refractivity contribution >= 4 is 35.1 Å². The number of urea groups is 1. The predicted molar refractivity (Wildman–Crippen MR) is 107 cm³/mol. The second-order valence-electron chi connectivity index (χ2n) is 6.25. The molecule has 0 saturated carbocycles. The molecule has 2 N–H and O–H groups in total. The quantitative estimate of drug-likeness (QED) is 0.790. The van der Waals surface area contributed by atoms with Gasteiger partial charge in [0.1, 0.15) is 0 Å². The molecule has 3 amide bonds. The molecule has 0 atom stereocenters.